The first-order chi connectivity index (χ1) is 20.0. The van der Waals surface area contributed by atoms with Crippen molar-refractivity contribution < 1.29 is 34.2 Å². The molecule has 7 nitrogen and oxygen atoms in total. The number of hydrogen-bond acceptors (Lipinski definition) is 4. The number of allylic oxidation sites excluding steroid dienone is 2. The summed E-state index contributed by atoms with van der Waals surface area (Å²) in [5.74, 6) is -4.35. The maximum absolute atomic E-state index is 11.5. The largest absolute Gasteiger partial charge is 0.550 e. The maximum Gasteiger partial charge on any atom is 0.306 e. The summed E-state index contributed by atoms with van der Waals surface area (Å²) >= 11 is 0. The molecule has 42 heavy (non-hydrogen) atoms. The van der Waals surface area contributed by atoms with Crippen LogP contribution in [0, 0.1) is 17.8 Å². The van der Waals surface area contributed by atoms with Crippen LogP contribution in [0.2, 0.25) is 0 Å². The van der Waals surface area contributed by atoms with Gasteiger partial charge in [-0.1, -0.05) is 110 Å². The molecule has 0 spiro atoms. The van der Waals surface area contributed by atoms with Crippen LogP contribution in [0.1, 0.15) is 150 Å². The first-order valence-electron chi connectivity index (χ1n) is 17.2. The lowest BCUT2D eigenvalue weighted by atomic mass is 10.0. The first-order valence-corrected chi connectivity index (χ1v) is 17.2. The molecule has 0 aliphatic heterocycles. The highest BCUT2D eigenvalue weighted by molar-refractivity contribution is 5.69. The van der Waals surface area contributed by atoms with Crippen LogP contribution in [0.5, 0.6) is 0 Å². The molecule has 0 fully saturated rings. The topological polar surface area (TPSA) is 115 Å². The van der Waals surface area contributed by atoms with Gasteiger partial charge in [0.1, 0.15) is 0 Å². The van der Waals surface area contributed by atoms with Gasteiger partial charge in [0.05, 0.1) is 38.0 Å². The minimum absolute atomic E-state index is 0.435. The van der Waals surface area contributed by atoms with E-state index >= 15 is 0 Å². The van der Waals surface area contributed by atoms with E-state index in [4.69, 9.17) is 0 Å². The summed E-state index contributed by atoms with van der Waals surface area (Å²) < 4.78 is 0.565. The monoisotopic (exact) mass is 595 g/mol. The Bertz CT molecular complexity index is 677. The maximum atomic E-state index is 11.5. The molecule has 246 valence electrons. The average Bonchev–Trinajstić information content (AvgIpc) is 2.96. The number of quaternary nitrogens is 1. The Morgan fingerprint density at radius 2 is 0.929 bits per heavy atom. The molecular formula is C35H65NO6. The van der Waals surface area contributed by atoms with Crippen LogP contribution in [0.15, 0.2) is 12.2 Å². The summed E-state index contributed by atoms with van der Waals surface area (Å²) in [6.45, 7) is 9.89. The Labute approximate surface area is 257 Å². The standard InChI is InChI=1S/C35H65NO6/c1-5-6-7-8-9-10-11-12-13-14-15-16-17-18-19-20-21-22-26-36(27-23-30(2)33(37)38,28-24-31(3)34(39)40)29-25-32(4)35(41)42/h18-19,30-32H,5-17,20-29H2,1-4H3,(H2-,37,38,39,40,41,42)/b19-18+. The summed E-state index contributed by atoms with van der Waals surface area (Å²) in [5.41, 5.74) is 0. The van der Waals surface area contributed by atoms with Crippen LogP contribution in [-0.4, -0.2) is 58.8 Å². The lowest BCUT2D eigenvalue weighted by Gasteiger charge is -2.41. The summed E-state index contributed by atoms with van der Waals surface area (Å²) in [6, 6.07) is 0. The van der Waals surface area contributed by atoms with Crippen LogP contribution in [0.25, 0.3) is 0 Å². The summed E-state index contributed by atoms with van der Waals surface area (Å²) in [5, 5.41) is 30.2. The van der Waals surface area contributed by atoms with Crippen LogP contribution in [0.3, 0.4) is 0 Å². The van der Waals surface area contributed by atoms with Gasteiger partial charge in [0.25, 0.3) is 0 Å². The molecule has 0 saturated carbocycles. The van der Waals surface area contributed by atoms with Gasteiger partial charge in [-0.15, -0.1) is 0 Å². The summed E-state index contributed by atoms with van der Waals surface area (Å²) in [4.78, 5) is 34.3. The number of unbranched alkanes of at least 4 members (excludes halogenated alkanes) is 14. The number of carboxylic acids is 3. The average molecular weight is 596 g/mol. The predicted octanol–water partition coefficient (Wildman–Crippen LogP) is 7.62. The summed E-state index contributed by atoms with van der Waals surface area (Å²) in [7, 11) is 0. The third-order valence-corrected chi connectivity index (χ3v) is 9.00. The Hall–Kier alpha value is -1.89. The van der Waals surface area contributed by atoms with E-state index in [2.05, 4.69) is 19.1 Å². The predicted molar refractivity (Wildman–Crippen MR) is 170 cm³/mol. The number of hydrogen-bond donors (Lipinski definition) is 2. The van der Waals surface area contributed by atoms with Crippen molar-refractivity contribution in [2.24, 2.45) is 17.8 Å². The van der Waals surface area contributed by atoms with Crippen molar-refractivity contribution in [2.45, 2.75) is 150 Å². The van der Waals surface area contributed by atoms with Gasteiger partial charge in [0.15, 0.2) is 0 Å². The van der Waals surface area contributed by atoms with Crippen molar-refractivity contribution >= 4 is 17.9 Å². The fourth-order valence-corrected chi connectivity index (χ4v) is 5.49. The fourth-order valence-electron chi connectivity index (χ4n) is 5.49. The number of aliphatic carboxylic acids is 3. The molecule has 0 bridgehead atoms. The van der Waals surface area contributed by atoms with Gasteiger partial charge in [0, 0.05) is 31.1 Å². The molecule has 0 radical (unpaired) electrons. The van der Waals surface area contributed by atoms with E-state index in [1.54, 1.807) is 20.8 Å². The molecule has 0 aliphatic carbocycles. The minimum Gasteiger partial charge on any atom is -0.550 e. The van der Waals surface area contributed by atoms with E-state index in [9.17, 15) is 29.7 Å². The lowest BCUT2D eigenvalue weighted by Crippen LogP contribution is -2.52. The number of carbonyl (C=O) groups is 3. The second kappa shape index (κ2) is 25.6. The van der Waals surface area contributed by atoms with E-state index in [0.29, 0.717) is 43.4 Å². The van der Waals surface area contributed by atoms with E-state index < -0.39 is 35.7 Å². The van der Waals surface area contributed by atoms with Gasteiger partial charge in [-0.05, 0) is 32.1 Å². The Balaban J connectivity index is 4.57. The SMILES string of the molecule is CCCCCCCCCCCCCC/C=C/CCCC[N+](CCC(C)C(=O)[O-])(CCC(C)C(=O)O)CCC(C)C(=O)O. The van der Waals surface area contributed by atoms with Crippen molar-refractivity contribution in [3.63, 3.8) is 0 Å². The van der Waals surface area contributed by atoms with Gasteiger partial charge < -0.3 is 24.6 Å². The quantitative estimate of drug-likeness (QED) is 0.0501. The van der Waals surface area contributed by atoms with Crippen LogP contribution in [0.4, 0.5) is 0 Å². The second-order valence-electron chi connectivity index (χ2n) is 12.9. The molecule has 3 atom stereocenters. The Kier molecular flexibility index (Phi) is 24.4. The normalized spacial score (nSPS) is 15.3. The zero-order chi connectivity index (χ0) is 31.6. The van der Waals surface area contributed by atoms with Crippen LogP contribution < -0.4 is 5.11 Å². The smallest absolute Gasteiger partial charge is 0.306 e. The lowest BCUT2D eigenvalue weighted by molar-refractivity contribution is -0.929. The molecule has 2 N–H and O–H groups in total. The highest BCUT2D eigenvalue weighted by atomic mass is 16.4. The molecule has 3 unspecified atom stereocenters. The van der Waals surface area contributed by atoms with Crippen molar-refractivity contribution in [3.8, 4) is 0 Å². The molecule has 7 heteroatoms. The molecule has 0 amide bonds. The Morgan fingerprint density at radius 1 is 0.571 bits per heavy atom. The van der Waals surface area contributed by atoms with Gasteiger partial charge >= 0.3 is 11.9 Å². The van der Waals surface area contributed by atoms with Gasteiger partial charge in [0.2, 0.25) is 0 Å². The third-order valence-electron chi connectivity index (χ3n) is 9.00. The van der Waals surface area contributed by atoms with Crippen LogP contribution in [-0.2, 0) is 14.4 Å². The van der Waals surface area contributed by atoms with Crippen molar-refractivity contribution in [1.29, 1.82) is 0 Å². The summed E-state index contributed by atoms with van der Waals surface area (Å²) in [6.07, 6.45) is 26.3. The van der Waals surface area contributed by atoms with E-state index in [0.717, 1.165) is 32.2 Å². The molecule has 0 aliphatic rings. The highest BCUT2D eigenvalue weighted by Gasteiger charge is 2.30. The minimum atomic E-state index is -1.08. The molecule has 0 aromatic rings. The first kappa shape index (κ1) is 40.1. The van der Waals surface area contributed by atoms with Gasteiger partial charge in [-0.3, -0.25) is 9.59 Å². The highest BCUT2D eigenvalue weighted by Crippen LogP contribution is 2.21. The number of nitrogens with zero attached hydrogens (tertiary/aromatic N) is 1. The molecule has 0 heterocycles. The van der Waals surface area contributed by atoms with Crippen molar-refractivity contribution in [1.82, 2.24) is 0 Å². The Morgan fingerprint density at radius 3 is 1.31 bits per heavy atom. The van der Waals surface area contributed by atoms with Crippen molar-refractivity contribution in [2.75, 3.05) is 26.2 Å². The second-order valence-corrected chi connectivity index (χ2v) is 12.9. The van der Waals surface area contributed by atoms with E-state index in [1.807, 2.05) is 0 Å². The van der Waals surface area contributed by atoms with Gasteiger partial charge in [-0.2, -0.15) is 0 Å². The number of rotatable bonds is 30. The molecule has 0 aromatic heterocycles. The van der Waals surface area contributed by atoms with Gasteiger partial charge in [-0.25, -0.2) is 0 Å². The molecule has 0 saturated heterocycles. The number of carboxylic acid groups (broad SMARTS) is 3. The fraction of sp³-hybridized carbons (Fsp3) is 0.857. The zero-order valence-electron chi connectivity index (χ0n) is 27.6. The van der Waals surface area contributed by atoms with Crippen molar-refractivity contribution in [3.05, 3.63) is 12.2 Å². The third kappa shape index (κ3) is 21.8. The molecular weight excluding hydrogens is 530 g/mol. The molecule has 0 aromatic carbocycles. The van der Waals surface area contributed by atoms with E-state index in [1.165, 1.54) is 77.0 Å². The molecule has 0 rings (SSSR count). The van der Waals surface area contributed by atoms with E-state index in [-0.39, 0.29) is 0 Å². The zero-order valence-corrected chi connectivity index (χ0v) is 27.6. The van der Waals surface area contributed by atoms with Crippen LogP contribution >= 0.6 is 0 Å². The number of carbonyl (C=O) groups excluding carboxylic acids is 1.